The first-order valence-corrected chi connectivity index (χ1v) is 6.52. The highest BCUT2D eigenvalue weighted by Crippen LogP contribution is 1.97. The average Bonchev–Trinajstić information content (AvgIpc) is 2.70. The fraction of sp³-hybridized carbons (Fsp3) is 0.667. The van der Waals surface area contributed by atoms with Crippen molar-refractivity contribution in [2.75, 3.05) is 6.54 Å². The van der Waals surface area contributed by atoms with Gasteiger partial charge in [0, 0.05) is 12.1 Å². The molecule has 0 atom stereocenters. The molecule has 20 heavy (non-hydrogen) atoms. The van der Waals surface area contributed by atoms with Gasteiger partial charge in [-0.05, 0) is 27.3 Å². The van der Waals surface area contributed by atoms with E-state index in [1.807, 2.05) is 27.7 Å². The Morgan fingerprint density at radius 2 is 2.05 bits per heavy atom. The monoisotopic (exact) mass is 282 g/mol. The minimum atomic E-state index is -0.518. The average molecular weight is 282 g/mol. The lowest BCUT2D eigenvalue weighted by Crippen LogP contribution is -2.48. The highest BCUT2D eigenvalue weighted by Gasteiger charge is 2.16. The Balaban J connectivity index is 2.42. The van der Waals surface area contributed by atoms with Gasteiger partial charge in [-0.3, -0.25) is 10.1 Å². The van der Waals surface area contributed by atoms with Crippen LogP contribution in [0.5, 0.6) is 0 Å². The summed E-state index contributed by atoms with van der Waals surface area (Å²) in [6, 6.07) is -0.518. The first-order chi connectivity index (χ1) is 9.30. The zero-order valence-corrected chi connectivity index (χ0v) is 12.4. The van der Waals surface area contributed by atoms with Crippen LogP contribution < -0.4 is 16.0 Å². The number of nitrogens with zero attached hydrogens (tertiary/aromatic N) is 3. The molecule has 0 fully saturated rings. The number of imide groups is 1. The zero-order valence-electron chi connectivity index (χ0n) is 12.4. The van der Waals surface area contributed by atoms with Gasteiger partial charge in [-0.15, -0.1) is 5.10 Å². The van der Waals surface area contributed by atoms with Gasteiger partial charge in [0.25, 0.3) is 0 Å². The van der Waals surface area contributed by atoms with Crippen LogP contribution in [0.4, 0.5) is 4.79 Å². The minimum absolute atomic E-state index is 0.0450. The highest BCUT2D eigenvalue weighted by molar-refractivity contribution is 5.94. The molecule has 1 aromatic rings. The van der Waals surface area contributed by atoms with E-state index in [0.29, 0.717) is 6.54 Å². The molecule has 1 aromatic heterocycles. The molecule has 0 unspecified atom stereocenters. The van der Waals surface area contributed by atoms with Crippen molar-refractivity contribution in [3.8, 4) is 0 Å². The Hall–Kier alpha value is -1.96. The molecule has 0 spiro atoms. The highest BCUT2D eigenvalue weighted by atomic mass is 16.2. The van der Waals surface area contributed by atoms with E-state index >= 15 is 0 Å². The number of rotatable bonds is 5. The lowest BCUT2D eigenvalue weighted by molar-refractivity contribution is -0.120. The Morgan fingerprint density at radius 1 is 1.35 bits per heavy atom. The maximum Gasteiger partial charge on any atom is 0.321 e. The first-order valence-electron chi connectivity index (χ1n) is 6.52. The largest absolute Gasteiger partial charge is 0.333 e. The molecule has 3 amide bonds. The van der Waals surface area contributed by atoms with Crippen LogP contribution in [0, 0.1) is 0 Å². The van der Waals surface area contributed by atoms with Gasteiger partial charge in [0.2, 0.25) is 5.91 Å². The van der Waals surface area contributed by atoms with E-state index in [9.17, 15) is 9.59 Å². The molecule has 0 saturated carbocycles. The molecule has 0 aliphatic rings. The summed E-state index contributed by atoms with van der Waals surface area (Å²) in [7, 11) is 0. The van der Waals surface area contributed by atoms with Gasteiger partial charge in [0.15, 0.2) is 0 Å². The van der Waals surface area contributed by atoms with Crippen molar-refractivity contribution < 1.29 is 9.59 Å². The van der Waals surface area contributed by atoms with Crippen molar-refractivity contribution in [2.24, 2.45) is 0 Å². The van der Waals surface area contributed by atoms with Crippen molar-refractivity contribution in [2.45, 2.75) is 46.3 Å². The van der Waals surface area contributed by atoms with E-state index < -0.39 is 17.5 Å². The molecule has 0 radical (unpaired) electrons. The molecule has 0 saturated heterocycles. The van der Waals surface area contributed by atoms with E-state index in [4.69, 9.17) is 0 Å². The molecule has 1 rings (SSSR count). The second-order valence-electron chi connectivity index (χ2n) is 5.44. The topological polar surface area (TPSA) is 101 Å². The number of hydrogen-bond acceptors (Lipinski definition) is 5. The van der Waals surface area contributed by atoms with Crippen molar-refractivity contribution in [3.05, 3.63) is 11.9 Å². The number of aromatic nitrogens is 3. The maximum absolute atomic E-state index is 11.7. The molecule has 0 aliphatic heterocycles. The summed E-state index contributed by atoms with van der Waals surface area (Å²) >= 11 is 0. The summed E-state index contributed by atoms with van der Waals surface area (Å²) in [6.45, 7) is 8.88. The molecule has 8 nitrogen and oxygen atoms in total. The van der Waals surface area contributed by atoms with Gasteiger partial charge in [-0.25, -0.2) is 9.48 Å². The van der Waals surface area contributed by atoms with Gasteiger partial charge < -0.3 is 10.6 Å². The van der Waals surface area contributed by atoms with Crippen LogP contribution in [0.15, 0.2) is 6.20 Å². The second kappa shape index (κ2) is 6.99. The molecule has 112 valence electrons. The second-order valence-corrected chi connectivity index (χ2v) is 5.44. The molecule has 0 bridgehead atoms. The van der Waals surface area contributed by atoms with E-state index in [-0.39, 0.29) is 6.54 Å². The summed E-state index contributed by atoms with van der Waals surface area (Å²) in [4.78, 5) is 23.2. The van der Waals surface area contributed by atoms with Crippen molar-refractivity contribution in [3.63, 3.8) is 0 Å². The Bertz CT molecular complexity index is 463. The van der Waals surface area contributed by atoms with E-state index in [1.54, 1.807) is 6.20 Å². The molecule has 0 aliphatic carbocycles. The van der Waals surface area contributed by atoms with Gasteiger partial charge in [0.05, 0.1) is 11.9 Å². The predicted molar refractivity (Wildman–Crippen MR) is 73.8 cm³/mol. The zero-order chi connectivity index (χ0) is 15.2. The van der Waals surface area contributed by atoms with Crippen molar-refractivity contribution in [1.29, 1.82) is 0 Å². The molecule has 1 heterocycles. The van der Waals surface area contributed by atoms with Crippen LogP contribution >= 0.6 is 0 Å². The SMILES string of the molecule is CCNCc1cn(CC(=O)NC(=O)NC(C)(C)C)nn1. The summed E-state index contributed by atoms with van der Waals surface area (Å²) in [5.41, 5.74) is 0.357. The van der Waals surface area contributed by atoms with Crippen molar-refractivity contribution >= 4 is 11.9 Å². The van der Waals surface area contributed by atoms with Gasteiger partial charge in [-0.2, -0.15) is 0 Å². The number of nitrogens with one attached hydrogen (secondary N) is 3. The fourth-order valence-electron chi connectivity index (χ4n) is 1.44. The fourth-order valence-corrected chi connectivity index (χ4v) is 1.44. The van der Waals surface area contributed by atoms with Gasteiger partial charge in [0.1, 0.15) is 6.54 Å². The van der Waals surface area contributed by atoms with Crippen molar-refractivity contribution in [1.82, 2.24) is 30.9 Å². The van der Waals surface area contributed by atoms with Crippen LogP contribution in [0.2, 0.25) is 0 Å². The van der Waals surface area contributed by atoms with E-state index in [1.165, 1.54) is 4.68 Å². The molecule has 8 heteroatoms. The third-order valence-electron chi connectivity index (χ3n) is 2.19. The molecule has 0 aromatic carbocycles. The van der Waals surface area contributed by atoms with E-state index in [2.05, 4.69) is 26.3 Å². The Labute approximate surface area is 118 Å². The predicted octanol–water partition coefficient (Wildman–Crippen LogP) is 0.0119. The van der Waals surface area contributed by atoms with Crippen LogP contribution in [0.25, 0.3) is 0 Å². The third-order valence-corrected chi connectivity index (χ3v) is 2.19. The third kappa shape index (κ3) is 6.28. The number of hydrogen-bond donors (Lipinski definition) is 3. The molecular weight excluding hydrogens is 260 g/mol. The maximum atomic E-state index is 11.7. The molecule has 3 N–H and O–H groups in total. The lowest BCUT2D eigenvalue weighted by atomic mass is 10.1. The Morgan fingerprint density at radius 3 is 2.65 bits per heavy atom. The quantitative estimate of drug-likeness (QED) is 0.706. The minimum Gasteiger partial charge on any atom is -0.333 e. The van der Waals surface area contributed by atoms with Crippen LogP contribution in [0.1, 0.15) is 33.4 Å². The Kier molecular flexibility index (Phi) is 5.63. The number of carbonyl (C=O) groups is 2. The number of amides is 3. The summed E-state index contributed by atoms with van der Waals surface area (Å²) in [5.74, 6) is -0.438. The first kappa shape index (κ1) is 16.1. The van der Waals surface area contributed by atoms with Gasteiger partial charge in [-0.1, -0.05) is 12.1 Å². The van der Waals surface area contributed by atoms with Crippen LogP contribution in [-0.2, 0) is 17.9 Å². The van der Waals surface area contributed by atoms with E-state index in [0.717, 1.165) is 12.2 Å². The van der Waals surface area contributed by atoms with Crippen LogP contribution in [0.3, 0.4) is 0 Å². The summed E-state index contributed by atoms with van der Waals surface area (Å²) in [5, 5.41) is 15.7. The normalized spacial score (nSPS) is 11.2. The van der Waals surface area contributed by atoms with Gasteiger partial charge >= 0.3 is 6.03 Å². The standard InChI is InChI=1S/C12H22N6O2/c1-5-13-6-9-7-18(17-16-9)8-10(19)14-11(20)15-12(2,3)4/h7,13H,5-6,8H2,1-4H3,(H2,14,15,19,20). The number of urea groups is 1. The summed E-state index contributed by atoms with van der Waals surface area (Å²) in [6.07, 6.45) is 1.67. The molecular formula is C12H22N6O2. The smallest absolute Gasteiger partial charge is 0.321 e. The van der Waals surface area contributed by atoms with Crippen LogP contribution in [-0.4, -0.2) is 39.0 Å². The summed E-state index contributed by atoms with van der Waals surface area (Å²) < 4.78 is 1.40. The lowest BCUT2D eigenvalue weighted by Gasteiger charge is -2.20. The number of carbonyl (C=O) groups excluding carboxylic acids is 2.